The molecule has 9 rings (SSSR count). The molecule has 2 saturated heterocycles. The van der Waals surface area contributed by atoms with Crippen LogP contribution in [0.2, 0.25) is 10.0 Å². The summed E-state index contributed by atoms with van der Waals surface area (Å²) in [6.45, 7) is 8.00. The second-order valence-electron chi connectivity index (χ2n) is 19.3. The van der Waals surface area contributed by atoms with E-state index in [1.807, 2.05) is 18.2 Å². The topological polar surface area (TPSA) is 206 Å². The summed E-state index contributed by atoms with van der Waals surface area (Å²) in [4.78, 5) is 84.1. The highest BCUT2D eigenvalue weighted by molar-refractivity contribution is 6.36. The number of likely N-dealkylation sites (N-methyl/N-ethyl adjacent to an activating group) is 2. The zero-order valence-corrected chi connectivity index (χ0v) is 43.5. The number of nitriles is 1. The standard InChI is InChI=1S/C55H59Cl2N11O7/c1-34(32-74-42-26-38(56)25-39(27-42)61-54(73)60-28-35-14-15-43-37(24-35)29-68(53(43)72)48(13-7-23-69)51(70)59-2)52(71)67-22-21-66(30-40(67)16-18-58)50-44-17-20-65(47-12-5-9-36-8-4-11-45(57)49(36)47)31-46(44)62-55(63-50)75-33-41-10-6-19-64(41)3/h4-5,8-9,11-12,14-15,23-27,40-41,48H,1,6-7,10,13,16-17,19-22,28-33H2,2-3H3,(H,59,70)(H2,60,61,73). The van der Waals surface area contributed by atoms with Crippen molar-refractivity contribution >= 4 is 81.2 Å². The van der Waals surface area contributed by atoms with E-state index in [0.29, 0.717) is 73.6 Å². The first-order chi connectivity index (χ1) is 36.3. The van der Waals surface area contributed by atoms with Gasteiger partial charge in [-0.1, -0.05) is 66.2 Å². The Balaban J connectivity index is 0.826. The average Bonchev–Trinajstić information content (AvgIpc) is 3.98. The lowest BCUT2D eigenvalue weighted by atomic mass is 10.0. The molecule has 20 heteroatoms. The smallest absolute Gasteiger partial charge is 0.319 e. The van der Waals surface area contributed by atoms with Gasteiger partial charge in [0.25, 0.3) is 11.8 Å². The molecular formula is C55H59Cl2N11O7. The van der Waals surface area contributed by atoms with Crippen LogP contribution in [0.1, 0.15) is 64.8 Å². The summed E-state index contributed by atoms with van der Waals surface area (Å²) in [6, 6.07) is 23.1. The molecule has 0 saturated carbocycles. The van der Waals surface area contributed by atoms with Crippen molar-refractivity contribution in [1.82, 2.24) is 35.3 Å². The van der Waals surface area contributed by atoms with E-state index in [9.17, 15) is 29.2 Å². The highest BCUT2D eigenvalue weighted by atomic mass is 35.5. The predicted octanol–water partition coefficient (Wildman–Crippen LogP) is 6.91. The van der Waals surface area contributed by atoms with E-state index >= 15 is 0 Å². The van der Waals surface area contributed by atoms with Crippen LogP contribution in [-0.4, -0.2) is 133 Å². The molecule has 4 aliphatic heterocycles. The van der Waals surface area contributed by atoms with Gasteiger partial charge in [0.15, 0.2) is 0 Å². The zero-order chi connectivity index (χ0) is 52.8. The van der Waals surface area contributed by atoms with Crippen LogP contribution < -0.4 is 35.2 Å². The average molecular weight is 1060 g/mol. The van der Waals surface area contributed by atoms with E-state index in [1.165, 1.54) is 11.9 Å². The van der Waals surface area contributed by atoms with Gasteiger partial charge in [-0.15, -0.1) is 0 Å². The maximum absolute atomic E-state index is 14.1. The molecule has 0 aliphatic carbocycles. The molecular weight excluding hydrogens is 998 g/mol. The molecule has 3 atom stereocenters. The van der Waals surface area contributed by atoms with Crippen LogP contribution in [0.15, 0.2) is 84.9 Å². The summed E-state index contributed by atoms with van der Waals surface area (Å²) in [7, 11) is 3.59. The van der Waals surface area contributed by atoms with Crippen LogP contribution >= 0.6 is 23.2 Å². The number of benzene rings is 4. The molecule has 0 bridgehead atoms. The fourth-order valence-electron chi connectivity index (χ4n) is 10.5. The van der Waals surface area contributed by atoms with Crippen molar-refractivity contribution in [2.24, 2.45) is 0 Å². The fraction of sp³-hybridized carbons (Fsp3) is 0.382. The Hall–Kier alpha value is -7.46. The van der Waals surface area contributed by atoms with Crippen molar-refractivity contribution < 1.29 is 33.4 Å². The highest BCUT2D eigenvalue weighted by Gasteiger charge is 2.37. The van der Waals surface area contributed by atoms with Crippen molar-refractivity contribution in [1.29, 1.82) is 5.26 Å². The molecule has 5 heterocycles. The van der Waals surface area contributed by atoms with Crippen molar-refractivity contribution in [2.75, 3.05) is 75.1 Å². The first kappa shape index (κ1) is 52.4. The number of urea groups is 1. The lowest BCUT2D eigenvalue weighted by Crippen LogP contribution is -2.56. The summed E-state index contributed by atoms with van der Waals surface area (Å²) in [5, 5.41) is 21.2. The predicted molar refractivity (Wildman–Crippen MR) is 286 cm³/mol. The van der Waals surface area contributed by atoms with Crippen molar-refractivity contribution in [2.45, 2.75) is 76.3 Å². The normalized spacial score (nSPS) is 17.7. The third-order valence-electron chi connectivity index (χ3n) is 14.4. The first-order valence-electron chi connectivity index (χ1n) is 25.1. The Morgan fingerprint density at radius 1 is 0.973 bits per heavy atom. The Bertz CT molecular complexity index is 3070. The van der Waals surface area contributed by atoms with E-state index in [2.05, 4.69) is 68.5 Å². The minimum Gasteiger partial charge on any atom is -0.489 e. The summed E-state index contributed by atoms with van der Waals surface area (Å²) >= 11 is 13.3. The van der Waals surface area contributed by atoms with E-state index in [0.717, 1.165) is 64.8 Å². The maximum atomic E-state index is 14.1. The molecule has 18 nitrogen and oxygen atoms in total. The molecule has 390 valence electrons. The Kier molecular flexibility index (Phi) is 16.3. The largest absolute Gasteiger partial charge is 0.489 e. The van der Waals surface area contributed by atoms with Crippen molar-refractivity contribution in [3.05, 3.63) is 123 Å². The number of ether oxygens (including phenoxy) is 2. The van der Waals surface area contributed by atoms with Gasteiger partial charge in [-0.25, -0.2) is 4.79 Å². The molecule has 3 N–H and O–H groups in total. The van der Waals surface area contributed by atoms with Crippen molar-refractivity contribution in [3.8, 4) is 17.8 Å². The number of anilines is 3. The molecule has 4 aliphatic rings. The number of aldehydes is 1. The molecule has 5 aromatic rings. The maximum Gasteiger partial charge on any atom is 0.319 e. The van der Waals surface area contributed by atoms with Crippen LogP contribution in [0.5, 0.6) is 11.8 Å². The molecule has 2 fully saturated rings. The van der Waals surface area contributed by atoms with Crippen LogP contribution in [-0.2, 0) is 40.4 Å². The van der Waals surface area contributed by atoms with E-state index in [4.69, 9.17) is 42.6 Å². The molecule has 4 aromatic carbocycles. The fourth-order valence-corrected chi connectivity index (χ4v) is 11.0. The Labute approximate surface area is 445 Å². The van der Waals surface area contributed by atoms with Crippen molar-refractivity contribution in [3.63, 3.8) is 0 Å². The van der Waals surface area contributed by atoms with E-state index < -0.39 is 18.1 Å². The third kappa shape index (κ3) is 11.8. The third-order valence-corrected chi connectivity index (χ3v) is 15.0. The number of hydrogen-bond donors (Lipinski definition) is 3. The number of aromatic nitrogens is 2. The van der Waals surface area contributed by atoms with Gasteiger partial charge in [0.05, 0.1) is 35.8 Å². The number of nitrogens with one attached hydrogen (secondary N) is 3. The van der Waals surface area contributed by atoms with Crippen LogP contribution in [0.3, 0.4) is 0 Å². The monoisotopic (exact) mass is 1060 g/mol. The summed E-state index contributed by atoms with van der Waals surface area (Å²) in [6.07, 6.45) is 3.94. The van der Waals surface area contributed by atoms with Crippen LogP contribution in [0.4, 0.5) is 22.0 Å². The van der Waals surface area contributed by atoms with Gasteiger partial charge in [0.2, 0.25) is 5.91 Å². The van der Waals surface area contributed by atoms with Gasteiger partial charge in [0, 0.05) is 103 Å². The molecule has 3 unspecified atom stereocenters. The zero-order valence-electron chi connectivity index (χ0n) is 41.9. The number of carbonyl (C=O) groups is 5. The highest BCUT2D eigenvalue weighted by Crippen LogP contribution is 2.38. The number of hydrogen-bond acceptors (Lipinski definition) is 13. The lowest BCUT2D eigenvalue weighted by Gasteiger charge is -2.42. The molecule has 1 aromatic heterocycles. The first-order valence-corrected chi connectivity index (χ1v) is 25.9. The summed E-state index contributed by atoms with van der Waals surface area (Å²) in [5.41, 5.74) is 5.30. The van der Waals surface area contributed by atoms with Crippen LogP contribution in [0.25, 0.3) is 10.8 Å². The minimum atomic E-state index is -0.787. The Morgan fingerprint density at radius 3 is 2.57 bits per heavy atom. The Morgan fingerprint density at radius 2 is 1.80 bits per heavy atom. The van der Waals surface area contributed by atoms with Gasteiger partial charge < -0.3 is 54.7 Å². The van der Waals surface area contributed by atoms with Gasteiger partial charge in [0.1, 0.15) is 37.1 Å². The number of likely N-dealkylation sites (tertiary alicyclic amines) is 1. The van der Waals surface area contributed by atoms with Crippen LogP contribution in [0, 0.1) is 11.3 Å². The molecule has 0 radical (unpaired) electrons. The number of carbonyl (C=O) groups excluding carboxylic acids is 5. The van der Waals surface area contributed by atoms with Gasteiger partial charge in [-0.3, -0.25) is 14.4 Å². The number of nitrogens with zero attached hydrogens (tertiary/aromatic N) is 8. The number of rotatable bonds is 18. The molecule has 75 heavy (non-hydrogen) atoms. The summed E-state index contributed by atoms with van der Waals surface area (Å²) in [5.74, 6) is 0.0414. The SMILES string of the molecule is C=C(COc1cc(Cl)cc(NC(=O)NCc2ccc3c(c2)CN(C(CCC=O)C(=O)NC)C3=O)c1)C(=O)N1CCN(c2nc(OCC3CCCN3C)nc3c2CCN(c2cccc4cccc(Cl)c24)C3)CC1CC#N. The molecule has 5 amide bonds. The number of fused-ring (bicyclic) bond motifs is 3. The second-order valence-corrected chi connectivity index (χ2v) is 20.1. The lowest BCUT2D eigenvalue weighted by molar-refractivity contribution is -0.130. The van der Waals surface area contributed by atoms with Gasteiger partial charge in [-0.05, 0) is 86.1 Å². The molecule has 0 spiro atoms. The van der Waals surface area contributed by atoms with Gasteiger partial charge in [-0.2, -0.15) is 15.2 Å². The number of halogens is 2. The summed E-state index contributed by atoms with van der Waals surface area (Å²) < 4.78 is 12.4. The number of amides is 5. The van der Waals surface area contributed by atoms with E-state index in [-0.39, 0.29) is 79.1 Å². The number of piperazine rings is 1. The van der Waals surface area contributed by atoms with Gasteiger partial charge >= 0.3 is 12.0 Å². The van der Waals surface area contributed by atoms with E-state index in [1.54, 1.807) is 41.3 Å². The minimum absolute atomic E-state index is 0.0791. The quantitative estimate of drug-likeness (QED) is 0.0604. The second kappa shape index (κ2) is 23.4.